The maximum Gasteiger partial charge on any atom is 0.416 e. The van der Waals surface area contributed by atoms with E-state index in [-0.39, 0.29) is 12.0 Å². The van der Waals surface area contributed by atoms with Crippen molar-refractivity contribution in [3.8, 4) is 17.0 Å². The molecule has 45 heavy (non-hydrogen) atoms. The number of ether oxygens (including phenoxy) is 3. The SMILES string of the molecule is COC(=O)c1cccc(-c2cnc(OC)c(C3=C(CN4C(=O)O[C@H](c5cc(C)cc(C(F)(F)F)c5)[C@@H]4C)CC(C)(C)CC3)c2)c1. The Kier molecular flexibility index (Phi) is 8.70. The first-order valence-electron chi connectivity index (χ1n) is 14.8. The maximum atomic E-state index is 13.6. The lowest BCUT2D eigenvalue weighted by Crippen LogP contribution is -2.35. The molecule has 2 aliphatic rings. The van der Waals surface area contributed by atoms with Crippen molar-refractivity contribution in [2.45, 2.75) is 65.3 Å². The van der Waals surface area contributed by atoms with Crippen LogP contribution in [0.4, 0.5) is 18.0 Å². The third-order valence-electron chi connectivity index (χ3n) is 8.67. The number of aromatic nitrogens is 1. The second kappa shape index (κ2) is 12.2. The van der Waals surface area contributed by atoms with Crippen LogP contribution in [0, 0.1) is 12.3 Å². The van der Waals surface area contributed by atoms with Crippen LogP contribution in [0.3, 0.4) is 0 Å². The number of cyclic esters (lactones) is 1. The van der Waals surface area contributed by atoms with E-state index in [9.17, 15) is 22.8 Å². The number of allylic oxidation sites excluding steroid dienone is 1. The van der Waals surface area contributed by atoms with E-state index in [1.54, 1.807) is 56.3 Å². The molecular formula is C35H37F3N2O5. The molecule has 1 amide bonds. The number of amides is 1. The third-order valence-corrected chi connectivity index (χ3v) is 8.67. The lowest BCUT2D eigenvalue weighted by Gasteiger charge is -2.35. The van der Waals surface area contributed by atoms with Crippen LogP contribution >= 0.6 is 0 Å². The van der Waals surface area contributed by atoms with Gasteiger partial charge in [0.15, 0.2) is 0 Å². The molecule has 0 spiro atoms. The molecule has 5 rings (SSSR count). The van der Waals surface area contributed by atoms with E-state index in [0.717, 1.165) is 46.4 Å². The van der Waals surface area contributed by atoms with Crippen LogP contribution in [-0.4, -0.2) is 48.8 Å². The summed E-state index contributed by atoms with van der Waals surface area (Å²) in [7, 11) is 2.89. The van der Waals surface area contributed by atoms with Crippen molar-refractivity contribution in [2.75, 3.05) is 20.8 Å². The number of methoxy groups -OCH3 is 2. The maximum absolute atomic E-state index is 13.6. The molecule has 0 N–H and O–H groups in total. The minimum Gasteiger partial charge on any atom is -0.481 e. The molecule has 0 radical (unpaired) electrons. The molecule has 2 atom stereocenters. The number of pyridine rings is 1. The van der Waals surface area contributed by atoms with Gasteiger partial charge in [-0.1, -0.05) is 37.6 Å². The topological polar surface area (TPSA) is 78.0 Å². The van der Waals surface area contributed by atoms with Crippen molar-refractivity contribution in [1.82, 2.24) is 9.88 Å². The number of benzene rings is 2. The fourth-order valence-corrected chi connectivity index (χ4v) is 6.33. The Morgan fingerprint density at radius 3 is 2.56 bits per heavy atom. The minimum atomic E-state index is -4.51. The van der Waals surface area contributed by atoms with Gasteiger partial charge < -0.3 is 14.2 Å². The van der Waals surface area contributed by atoms with Crippen molar-refractivity contribution in [3.63, 3.8) is 0 Å². The van der Waals surface area contributed by atoms with Gasteiger partial charge >= 0.3 is 18.2 Å². The zero-order chi connectivity index (χ0) is 32.7. The van der Waals surface area contributed by atoms with Crippen molar-refractivity contribution < 1.29 is 37.0 Å². The summed E-state index contributed by atoms with van der Waals surface area (Å²) in [5.74, 6) is -0.00675. The largest absolute Gasteiger partial charge is 0.481 e. The number of esters is 1. The van der Waals surface area contributed by atoms with E-state index in [1.807, 2.05) is 12.1 Å². The predicted octanol–water partition coefficient (Wildman–Crippen LogP) is 8.42. The van der Waals surface area contributed by atoms with E-state index >= 15 is 0 Å². The summed E-state index contributed by atoms with van der Waals surface area (Å²) in [4.78, 5) is 31.6. The van der Waals surface area contributed by atoms with Gasteiger partial charge in [0, 0.05) is 23.9 Å². The van der Waals surface area contributed by atoms with E-state index in [1.165, 1.54) is 7.11 Å². The fourth-order valence-electron chi connectivity index (χ4n) is 6.33. The molecule has 2 heterocycles. The van der Waals surface area contributed by atoms with Crippen LogP contribution in [0.25, 0.3) is 16.7 Å². The molecule has 7 nitrogen and oxygen atoms in total. The molecule has 1 saturated heterocycles. The average Bonchev–Trinajstić information content (AvgIpc) is 3.28. The zero-order valence-electron chi connectivity index (χ0n) is 26.2. The van der Waals surface area contributed by atoms with Crippen molar-refractivity contribution >= 4 is 17.6 Å². The number of aryl methyl sites for hydroxylation is 1. The molecule has 0 saturated carbocycles. The van der Waals surface area contributed by atoms with E-state index in [2.05, 4.69) is 18.8 Å². The number of carbonyl (C=O) groups excluding carboxylic acids is 2. The summed E-state index contributed by atoms with van der Waals surface area (Å²) in [5, 5.41) is 0. The fraction of sp³-hybridized carbons (Fsp3) is 0.400. The van der Waals surface area contributed by atoms with Gasteiger partial charge in [-0.3, -0.25) is 4.90 Å². The van der Waals surface area contributed by atoms with Gasteiger partial charge in [-0.05, 0) is 91.1 Å². The second-order valence-electron chi connectivity index (χ2n) is 12.6. The Morgan fingerprint density at radius 2 is 1.87 bits per heavy atom. The van der Waals surface area contributed by atoms with Gasteiger partial charge in [-0.25, -0.2) is 14.6 Å². The summed E-state index contributed by atoms with van der Waals surface area (Å²) in [6, 6.07) is 12.4. The minimum absolute atomic E-state index is 0.0453. The van der Waals surface area contributed by atoms with Crippen LogP contribution in [0.5, 0.6) is 5.88 Å². The van der Waals surface area contributed by atoms with E-state index in [4.69, 9.17) is 14.2 Å². The molecular weight excluding hydrogens is 585 g/mol. The molecule has 3 aromatic rings. The van der Waals surface area contributed by atoms with Gasteiger partial charge in [-0.15, -0.1) is 0 Å². The summed E-state index contributed by atoms with van der Waals surface area (Å²) in [6.07, 6.45) is -1.95. The Labute approximate surface area is 261 Å². The molecule has 10 heteroatoms. The van der Waals surface area contributed by atoms with Gasteiger partial charge in [0.05, 0.1) is 31.4 Å². The number of nitrogens with zero attached hydrogens (tertiary/aromatic N) is 2. The lowest BCUT2D eigenvalue weighted by molar-refractivity contribution is -0.137. The predicted molar refractivity (Wildman–Crippen MR) is 164 cm³/mol. The second-order valence-corrected chi connectivity index (χ2v) is 12.6. The smallest absolute Gasteiger partial charge is 0.416 e. The Hall–Kier alpha value is -4.34. The van der Waals surface area contributed by atoms with Crippen molar-refractivity contribution in [1.29, 1.82) is 0 Å². The molecule has 238 valence electrons. The summed E-state index contributed by atoms with van der Waals surface area (Å²) in [6.45, 7) is 8.00. The van der Waals surface area contributed by atoms with Crippen LogP contribution < -0.4 is 4.74 Å². The Morgan fingerprint density at radius 1 is 1.11 bits per heavy atom. The highest BCUT2D eigenvalue weighted by atomic mass is 19.4. The number of hydrogen-bond donors (Lipinski definition) is 0. The van der Waals surface area contributed by atoms with E-state index < -0.39 is 35.9 Å². The quantitative estimate of drug-likeness (QED) is 0.246. The third kappa shape index (κ3) is 6.70. The van der Waals surface area contributed by atoms with E-state index in [0.29, 0.717) is 35.4 Å². The molecule has 0 bridgehead atoms. The van der Waals surface area contributed by atoms with Crippen LogP contribution in [0.15, 0.2) is 60.3 Å². The van der Waals surface area contributed by atoms with Crippen molar-refractivity contribution in [3.05, 3.63) is 88.1 Å². The normalized spacial score (nSPS) is 19.8. The molecule has 1 aliphatic carbocycles. The first-order valence-corrected chi connectivity index (χ1v) is 14.8. The molecule has 1 aliphatic heterocycles. The molecule has 2 aromatic carbocycles. The number of alkyl halides is 3. The molecule has 0 unspecified atom stereocenters. The van der Waals surface area contributed by atoms with Gasteiger partial charge in [-0.2, -0.15) is 13.2 Å². The van der Waals surface area contributed by atoms with Crippen LogP contribution in [0.2, 0.25) is 0 Å². The number of hydrogen-bond acceptors (Lipinski definition) is 6. The summed E-state index contributed by atoms with van der Waals surface area (Å²) < 4.78 is 57.0. The van der Waals surface area contributed by atoms with Gasteiger partial charge in [0.1, 0.15) is 6.10 Å². The standard InChI is InChI=1S/C35H37F3N2O5/c1-20-12-24(15-27(13-20)35(36,37)38)30-21(2)40(33(42)45-30)19-26-17-34(3,4)11-10-28(26)29-16-25(18-39-31(29)43-5)22-8-7-9-23(14-22)32(41)44-6/h7-9,12-16,18,21,30H,10-11,17,19H2,1-6H3/t21-,30-/m0/s1. The highest BCUT2D eigenvalue weighted by Gasteiger charge is 2.42. The average molecular weight is 623 g/mol. The first-order chi connectivity index (χ1) is 21.2. The lowest BCUT2D eigenvalue weighted by atomic mass is 9.72. The molecule has 1 fully saturated rings. The van der Waals surface area contributed by atoms with Gasteiger partial charge in [0.25, 0.3) is 0 Å². The Bertz CT molecular complexity index is 1660. The summed E-state index contributed by atoms with van der Waals surface area (Å²) >= 11 is 0. The number of halogens is 3. The highest BCUT2D eigenvalue weighted by molar-refractivity contribution is 5.91. The highest BCUT2D eigenvalue weighted by Crippen LogP contribution is 2.46. The van der Waals surface area contributed by atoms with Crippen LogP contribution in [0.1, 0.15) is 78.7 Å². The van der Waals surface area contributed by atoms with Crippen molar-refractivity contribution in [2.24, 2.45) is 5.41 Å². The number of carbonyl (C=O) groups is 2. The molecule has 1 aromatic heterocycles. The number of rotatable bonds is 7. The van der Waals surface area contributed by atoms with Gasteiger partial charge in [0.2, 0.25) is 5.88 Å². The van der Waals surface area contributed by atoms with Crippen LogP contribution in [-0.2, 0) is 15.7 Å². The summed E-state index contributed by atoms with van der Waals surface area (Å²) in [5.41, 5.74) is 4.72. The first kappa shape index (κ1) is 32.1. The zero-order valence-corrected chi connectivity index (χ0v) is 26.2. The Balaban J connectivity index is 1.53. The monoisotopic (exact) mass is 622 g/mol.